The van der Waals surface area contributed by atoms with Crippen LogP contribution in [-0.2, 0) is 9.53 Å². The number of hydrogen-bond donors (Lipinski definition) is 3. The van der Waals surface area contributed by atoms with Crippen molar-refractivity contribution in [3.63, 3.8) is 0 Å². The SMILES string of the molecule is O=C(NCCCCC1=CCCOCC1)c1ccc2[nH]c(C3CC=CNC3=O)c(-c3ccc(Cl)cc3)c2c1. The van der Waals surface area contributed by atoms with Crippen molar-refractivity contribution in [2.45, 2.75) is 44.4 Å². The molecule has 0 saturated heterocycles. The van der Waals surface area contributed by atoms with Crippen molar-refractivity contribution in [2.75, 3.05) is 19.8 Å². The minimum Gasteiger partial charge on any atom is -0.381 e. The zero-order valence-electron chi connectivity index (χ0n) is 20.8. The molecule has 0 radical (unpaired) electrons. The van der Waals surface area contributed by atoms with Crippen LogP contribution in [0.1, 0.15) is 60.5 Å². The summed E-state index contributed by atoms with van der Waals surface area (Å²) in [4.78, 5) is 29.2. The Hall–Kier alpha value is -3.35. The molecule has 1 unspecified atom stereocenters. The van der Waals surface area contributed by atoms with E-state index >= 15 is 0 Å². The summed E-state index contributed by atoms with van der Waals surface area (Å²) in [6, 6.07) is 13.3. The lowest BCUT2D eigenvalue weighted by Gasteiger charge is -2.18. The summed E-state index contributed by atoms with van der Waals surface area (Å²) in [5.74, 6) is -0.475. The van der Waals surface area contributed by atoms with Crippen molar-refractivity contribution < 1.29 is 14.3 Å². The third-order valence-electron chi connectivity index (χ3n) is 7.08. The molecule has 0 fully saturated rings. The van der Waals surface area contributed by atoms with Crippen LogP contribution in [0.3, 0.4) is 0 Å². The zero-order chi connectivity index (χ0) is 25.6. The summed E-state index contributed by atoms with van der Waals surface area (Å²) in [5, 5.41) is 7.45. The van der Waals surface area contributed by atoms with E-state index in [-0.39, 0.29) is 17.7 Å². The van der Waals surface area contributed by atoms with Gasteiger partial charge in [-0.15, -0.1) is 0 Å². The second-order valence-corrected chi connectivity index (χ2v) is 10.0. The van der Waals surface area contributed by atoms with Crippen molar-refractivity contribution in [3.8, 4) is 11.1 Å². The molecule has 1 aromatic heterocycles. The number of allylic oxidation sites excluding steroid dienone is 1. The standard InChI is InChI=1S/C30H32ClN3O3/c31-23-11-8-21(9-12-23)27-25-19-22(10-13-26(25)34-28(27)24-7-3-16-33-30(24)36)29(35)32-15-2-1-5-20-6-4-17-37-18-14-20/h3,6,8-13,16,19,24,34H,1-2,4-5,7,14-15,17-18H2,(H,32,35)(H,33,36). The smallest absolute Gasteiger partial charge is 0.251 e. The molecular formula is C30H32ClN3O3. The summed E-state index contributed by atoms with van der Waals surface area (Å²) in [5.41, 5.74) is 5.68. The predicted octanol–water partition coefficient (Wildman–Crippen LogP) is 6.24. The van der Waals surface area contributed by atoms with E-state index in [1.165, 1.54) is 5.57 Å². The van der Waals surface area contributed by atoms with Gasteiger partial charge in [0.15, 0.2) is 0 Å². The van der Waals surface area contributed by atoms with E-state index in [4.69, 9.17) is 16.3 Å². The Labute approximate surface area is 222 Å². The number of nitrogens with one attached hydrogen (secondary N) is 3. The topological polar surface area (TPSA) is 83.2 Å². The number of unbranched alkanes of at least 4 members (excludes halogenated alkanes) is 1. The summed E-state index contributed by atoms with van der Waals surface area (Å²) in [7, 11) is 0. The average Bonchev–Trinajstić information content (AvgIpc) is 3.08. The van der Waals surface area contributed by atoms with Gasteiger partial charge in [0.2, 0.25) is 5.91 Å². The van der Waals surface area contributed by atoms with E-state index in [1.807, 2.05) is 48.5 Å². The summed E-state index contributed by atoms with van der Waals surface area (Å²) in [6.45, 7) is 2.26. The fraction of sp³-hybridized carbons (Fsp3) is 0.333. The normalized spacial score (nSPS) is 17.8. The molecule has 6 nitrogen and oxygen atoms in total. The highest BCUT2D eigenvalue weighted by molar-refractivity contribution is 6.30. The van der Waals surface area contributed by atoms with Gasteiger partial charge in [0, 0.05) is 39.3 Å². The van der Waals surface area contributed by atoms with E-state index in [0.717, 1.165) is 73.0 Å². The number of rotatable bonds is 8. The molecule has 2 aliphatic rings. The number of benzene rings is 2. The van der Waals surface area contributed by atoms with E-state index in [0.29, 0.717) is 23.6 Å². The first-order chi connectivity index (χ1) is 18.1. The zero-order valence-corrected chi connectivity index (χ0v) is 21.6. The highest BCUT2D eigenvalue weighted by atomic mass is 35.5. The molecule has 3 heterocycles. The van der Waals surface area contributed by atoms with Crippen molar-refractivity contribution in [2.24, 2.45) is 0 Å². The Morgan fingerprint density at radius 1 is 1.11 bits per heavy atom. The molecule has 0 aliphatic carbocycles. The fourth-order valence-electron chi connectivity index (χ4n) is 5.11. The molecule has 37 heavy (non-hydrogen) atoms. The lowest BCUT2D eigenvalue weighted by Crippen LogP contribution is -2.28. The van der Waals surface area contributed by atoms with Crippen LogP contribution >= 0.6 is 11.6 Å². The van der Waals surface area contributed by atoms with Gasteiger partial charge in [-0.05, 0) is 80.6 Å². The number of ether oxygens (including phenoxy) is 1. The van der Waals surface area contributed by atoms with Crippen LogP contribution in [0.5, 0.6) is 0 Å². The van der Waals surface area contributed by atoms with Crippen LogP contribution in [0.4, 0.5) is 0 Å². The molecule has 5 rings (SSSR count). The maximum absolute atomic E-state index is 13.0. The van der Waals surface area contributed by atoms with Crippen LogP contribution < -0.4 is 10.6 Å². The van der Waals surface area contributed by atoms with Crippen LogP contribution in [0, 0.1) is 0 Å². The molecule has 192 valence electrons. The number of amides is 2. The molecule has 3 aromatic rings. The quantitative estimate of drug-likeness (QED) is 0.244. The van der Waals surface area contributed by atoms with Crippen molar-refractivity contribution in [1.29, 1.82) is 0 Å². The molecule has 3 N–H and O–H groups in total. The van der Waals surface area contributed by atoms with Crippen molar-refractivity contribution in [1.82, 2.24) is 15.6 Å². The lowest BCUT2D eigenvalue weighted by atomic mass is 9.91. The van der Waals surface area contributed by atoms with Gasteiger partial charge in [0.1, 0.15) is 0 Å². The van der Waals surface area contributed by atoms with Crippen LogP contribution in [0.25, 0.3) is 22.0 Å². The van der Waals surface area contributed by atoms with E-state index < -0.39 is 0 Å². The number of fused-ring (bicyclic) bond motifs is 1. The largest absolute Gasteiger partial charge is 0.381 e. The monoisotopic (exact) mass is 517 g/mol. The Bertz CT molecular complexity index is 1340. The lowest BCUT2D eigenvalue weighted by molar-refractivity contribution is -0.121. The van der Waals surface area contributed by atoms with Gasteiger partial charge >= 0.3 is 0 Å². The van der Waals surface area contributed by atoms with E-state index in [1.54, 1.807) is 6.20 Å². The molecule has 2 amide bonds. The highest BCUT2D eigenvalue weighted by Gasteiger charge is 2.28. The molecule has 1 atom stereocenters. The Morgan fingerprint density at radius 2 is 1.97 bits per heavy atom. The second-order valence-electron chi connectivity index (χ2n) is 9.61. The van der Waals surface area contributed by atoms with E-state index in [9.17, 15) is 9.59 Å². The summed E-state index contributed by atoms with van der Waals surface area (Å²) in [6.07, 6.45) is 11.6. The molecule has 0 saturated carbocycles. The van der Waals surface area contributed by atoms with Crippen LogP contribution in [0.15, 0.2) is 66.4 Å². The first kappa shape index (κ1) is 25.3. The van der Waals surface area contributed by atoms with Gasteiger partial charge in [-0.2, -0.15) is 0 Å². The molecular weight excluding hydrogens is 486 g/mol. The number of H-pyrrole nitrogens is 1. The van der Waals surface area contributed by atoms with Crippen LogP contribution in [0.2, 0.25) is 5.02 Å². The number of carbonyl (C=O) groups is 2. The van der Waals surface area contributed by atoms with Gasteiger partial charge in [0.05, 0.1) is 19.1 Å². The van der Waals surface area contributed by atoms with Gasteiger partial charge < -0.3 is 20.4 Å². The first-order valence-electron chi connectivity index (χ1n) is 13.0. The minimum absolute atomic E-state index is 0.0469. The third kappa shape index (κ3) is 5.97. The molecule has 0 bridgehead atoms. The Kier molecular flexibility index (Phi) is 8.07. The van der Waals surface area contributed by atoms with Crippen molar-refractivity contribution in [3.05, 3.63) is 82.7 Å². The number of hydrogen-bond acceptors (Lipinski definition) is 3. The highest BCUT2D eigenvalue weighted by Crippen LogP contribution is 2.39. The Morgan fingerprint density at radius 3 is 2.81 bits per heavy atom. The first-order valence-corrected chi connectivity index (χ1v) is 13.4. The molecule has 0 spiro atoms. The molecule has 2 aliphatic heterocycles. The molecule has 2 aromatic carbocycles. The summed E-state index contributed by atoms with van der Waals surface area (Å²) < 4.78 is 5.51. The average molecular weight is 518 g/mol. The maximum atomic E-state index is 13.0. The number of carbonyl (C=O) groups excluding carboxylic acids is 2. The van der Waals surface area contributed by atoms with Gasteiger partial charge in [0.25, 0.3) is 5.91 Å². The van der Waals surface area contributed by atoms with Gasteiger partial charge in [-0.25, -0.2) is 0 Å². The summed E-state index contributed by atoms with van der Waals surface area (Å²) >= 11 is 6.15. The fourth-order valence-corrected chi connectivity index (χ4v) is 5.23. The number of aromatic amines is 1. The minimum atomic E-state index is -0.338. The second kappa shape index (κ2) is 11.8. The maximum Gasteiger partial charge on any atom is 0.251 e. The predicted molar refractivity (Wildman–Crippen MR) is 148 cm³/mol. The van der Waals surface area contributed by atoms with Gasteiger partial charge in [-0.1, -0.05) is 41.5 Å². The van der Waals surface area contributed by atoms with Crippen LogP contribution in [-0.4, -0.2) is 36.6 Å². The Balaban J connectivity index is 1.34. The van der Waals surface area contributed by atoms with E-state index in [2.05, 4.69) is 21.7 Å². The van der Waals surface area contributed by atoms with Gasteiger partial charge in [-0.3, -0.25) is 9.59 Å². The molecule has 7 heteroatoms. The number of halogens is 1. The van der Waals surface area contributed by atoms with Crippen molar-refractivity contribution >= 4 is 34.3 Å². The third-order valence-corrected chi connectivity index (χ3v) is 7.33. The number of aromatic nitrogens is 1.